The topological polar surface area (TPSA) is 15.3 Å². The molecular formula is C16H32N2. The molecular weight excluding hydrogens is 220 g/mol. The number of likely N-dealkylation sites (tertiary alicyclic amines) is 1. The van der Waals surface area contributed by atoms with Gasteiger partial charge >= 0.3 is 0 Å². The molecule has 0 unspecified atom stereocenters. The van der Waals surface area contributed by atoms with Crippen LogP contribution in [0.1, 0.15) is 64.7 Å². The van der Waals surface area contributed by atoms with Crippen LogP contribution in [-0.2, 0) is 0 Å². The Bertz CT molecular complexity index is 201. The van der Waals surface area contributed by atoms with Gasteiger partial charge in [0.25, 0.3) is 0 Å². The van der Waals surface area contributed by atoms with Crippen LogP contribution in [0.3, 0.4) is 0 Å². The Labute approximate surface area is 114 Å². The van der Waals surface area contributed by atoms with Gasteiger partial charge in [0.05, 0.1) is 0 Å². The van der Waals surface area contributed by atoms with E-state index in [0.717, 1.165) is 18.5 Å². The van der Waals surface area contributed by atoms with E-state index in [4.69, 9.17) is 0 Å². The maximum Gasteiger partial charge on any atom is 0.00952 e. The molecule has 1 N–H and O–H groups in total. The summed E-state index contributed by atoms with van der Waals surface area (Å²) in [4.78, 5) is 2.81. The van der Waals surface area contributed by atoms with Gasteiger partial charge in [0.1, 0.15) is 0 Å². The monoisotopic (exact) mass is 252 g/mol. The summed E-state index contributed by atoms with van der Waals surface area (Å²) in [5.41, 5.74) is 0. The normalized spacial score (nSPS) is 25.8. The Hall–Kier alpha value is -0.0800. The zero-order valence-electron chi connectivity index (χ0n) is 12.3. The number of nitrogens with one attached hydrogen (secondary N) is 1. The van der Waals surface area contributed by atoms with E-state index >= 15 is 0 Å². The second-order valence-corrected chi connectivity index (χ2v) is 6.29. The number of hydrogen-bond acceptors (Lipinski definition) is 2. The van der Waals surface area contributed by atoms with E-state index in [1.807, 2.05) is 0 Å². The molecule has 2 rings (SSSR count). The first-order valence-corrected chi connectivity index (χ1v) is 8.35. The Balaban J connectivity index is 1.70. The van der Waals surface area contributed by atoms with E-state index in [-0.39, 0.29) is 0 Å². The van der Waals surface area contributed by atoms with E-state index < -0.39 is 0 Å². The van der Waals surface area contributed by atoms with Gasteiger partial charge in [-0.3, -0.25) is 0 Å². The number of piperidine rings is 1. The fourth-order valence-corrected chi connectivity index (χ4v) is 3.67. The molecule has 2 fully saturated rings. The summed E-state index contributed by atoms with van der Waals surface area (Å²) < 4.78 is 0. The highest BCUT2D eigenvalue weighted by Gasteiger charge is 2.24. The van der Waals surface area contributed by atoms with Crippen molar-refractivity contribution >= 4 is 0 Å². The maximum atomic E-state index is 3.51. The van der Waals surface area contributed by atoms with Crippen molar-refractivity contribution in [2.45, 2.75) is 70.8 Å². The van der Waals surface area contributed by atoms with Gasteiger partial charge in [-0.05, 0) is 57.8 Å². The summed E-state index contributed by atoms with van der Waals surface area (Å²) in [6.45, 7) is 7.31. The molecule has 106 valence electrons. The SMILES string of the molecule is CCNCC1CCN(C2CCCCCCC2)CC1. The van der Waals surface area contributed by atoms with Crippen molar-refractivity contribution in [3.05, 3.63) is 0 Å². The zero-order chi connectivity index (χ0) is 12.6. The van der Waals surface area contributed by atoms with E-state index in [0.29, 0.717) is 0 Å². The van der Waals surface area contributed by atoms with Crippen molar-refractivity contribution in [2.75, 3.05) is 26.2 Å². The van der Waals surface area contributed by atoms with Crippen LogP contribution in [0.2, 0.25) is 0 Å². The molecule has 2 nitrogen and oxygen atoms in total. The third-order valence-corrected chi connectivity index (χ3v) is 4.92. The van der Waals surface area contributed by atoms with Gasteiger partial charge < -0.3 is 10.2 Å². The predicted octanol–water partition coefficient (Wildman–Crippen LogP) is 3.42. The highest BCUT2D eigenvalue weighted by molar-refractivity contribution is 4.80. The largest absolute Gasteiger partial charge is 0.317 e. The second kappa shape index (κ2) is 8.16. The Kier molecular flexibility index (Phi) is 6.50. The molecule has 0 amide bonds. The predicted molar refractivity (Wildman–Crippen MR) is 78.9 cm³/mol. The molecule has 1 saturated heterocycles. The van der Waals surface area contributed by atoms with Gasteiger partial charge in [-0.1, -0.05) is 39.0 Å². The number of rotatable bonds is 4. The van der Waals surface area contributed by atoms with Crippen molar-refractivity contribution in [3.63, 3.8) is 0 Å². The fourth-order valence-electron chi connectivity index (χ4n) is 3.67. The Morgan fingerprint density at radius 2 is 1.50 bits per heavy atom. The molecule has 2 aliphatic rings. The molecule has 18 heavy (non-hydrogen) atoms. The smallest absolute Gasteiger partial charge is 0.00952 e. The summed E-state index contributed by atoms with van der Waals surface area (Å²) in [6.07, 6.45) is 13.2. The van der Waals surface area contributed by atoms with Crippen LogP contribution in [0.4, 0.5) is 0 Å². The average molecular weight is 252 g/mol. The number of nitrogens with zero attached hydrogens (tertiary/aromatic N) is 1. The molecule has 0 atom stereocenters. The van der Waals surface area contributed by atoms with Crippen LogP contribution >= 0.6 is 0 Å². The third kappa shape index (κ3) is 4.55. The standard InChI is InChI=1S/C16H32N2/c1-2-17-14-15-10-12-18(13-11-15)16-8-6-4-3-5-7-9-16/h15-17H,2-14H2,1H3. The molecule has 1 aliphatic carbocycles. The Morgan fingerprint density at radius 1 is 0.889 bits per heavy atom. The third-order valence-electron chi connectivity index (χ3n) is 4.92. The highest BCUT2D eigenvalue weighted by atomic mass is 15.2. The minimum Gasteiger partial charge on any atom is -0.317 e. The quantitative estimate of drug-likeness (QED) is 0.825. The highest BCUT2D eigenvalue weighted by Crippen LogP contribution is 2.25. The van der Waals surface area contributed by atoms with Crippen LogP contribution in [0.15, 0.2) is 0 Å². The van der Waals surface area contributed by atoms with Crippen LogP contribution in [0.25, 0.3) is 0 Å². The minimum absolute atomic E-state index is 0.922. The lowest BCUT2D eigenvalue weighted by atomic mass is 9.91. The van der Waals surface area contributed by atoms with Crippen LogP contribution in [-0.4, -0.2) is 37.1 Å². The molecule has 0 spiro atoms. The number of hydrogen-bond donors (Lipinski definition) is 1. The molecule has 1 heterocycles. The summed E-state index contributed by atoms with van der Waals surface area (Å²) >= 11 is 0. The van der Waals surface area contributed by atoms with Gasteiger partial charge in [-0.15, -0.1) is 0 Å². The van der Waals surface area contributed by atoms with E-state index in [1.54, 1.807) is 0 Å². The lowest BCUT2D eigenvalue weighted by molar-refractivity contribution is 0.113. The molecule has 2 heteroatoms. The van der Waals surface area contributed by atoms with Gasteiger partial charge in [0.2, 0.25) is 0 Å². The van der Waals surface area contributed by atoms with E-state index in [9.17, 15) is 0 Å². The summed E-state index contributed by atoms with van der Waals surface area (Å²) in [6, 6.07) is 0.922. The lowest BCUT2D eigenvalue weighted by Crippen LogP contribution is -2.43. The van der Waals surface area contributed by atoms with Crippen molar-refractivity contribution in [3.8, 4) is 0 Å². The molecule has 1 saturated carbocycles. The summed E-state index contributed by atoms with van der Waals surface area (Å²) in [7, 11) is 0. The van der Waals surface area contributed by atoms with Crippen molar-refractivity contribution < 1.29 is 0 Å². The van der Waals surface area contributed by atoms with E-state index in [2.05, 4.69) is 17.1 Å². The Morgan fingerprint density at radius 3 is 2.11 bits per heavy atom. The van der Waals surface area contributed by atoms with Crippen LogP contribution in [0, 0.1) is 5.92 Å². The van der Waals surface area contributed by atoms with Gasteiger partial charge in [-0.2, -0.15) is 0 Å². The molecule has 0 bridgehead atoms. The van der Waals surface area contributed by atoms with Crippen molar-refractivity contribution in [1.29, 1.82) is 0 Å². The van der Waals surface area contributed by atoms with Crippen LogP contribution < -0.4 is 5.32 Å². The molecule has 0 radical (unpaired) electrons. The molecule has 0 aromatic carbocycles. The fraction of sp³-hybridized carbons (Fsp3) is 1.00. The van der Waals surface area contributed by atoms with Crippen molar-refractivity contribution in [1.82, 2.24) is 10.2 Å². The summed E-state index contributed by atoms with van der Waals surface area (Å²) in [5, 5.41) is 3.51. The molecule has 0 aromatic heterocycles. The van der Waals surface area contributed by atoms with Crippen LogP contribution in [0.5, 0.6) is 0 Å². The van der Waals surface area contributed by atoms with Crippen molar-refractivity contribution in [2.24, 2.45) is 5.92 Å². The van der Waals surface area contributed by atoms with Gasteiger partial charge in [-0.25, -0.2) is 0 Å². The first-order valence-electron chi connectivity index (χ1n) is 8.35. The second-order valence-electron chi connectivity index (χ2n) is 6.29. The average Bonchev–Trinajstić information content (AvgIpc) is 2.37. The summed E-state index contributed by atoms with van der Waals surface area (Å²) in [5.74, 6) is 0.940. The molecule has 1 aliphatic heterocycles. The first kappa shape index (κ1) is 14.3. The maximum absolute atomic E-state index is 3.51. The van der Waals surface area contributed by atoms with Gasteiger partial charge in [0, 0.05) is 6.04 Å². The van der Waals surface area contributed by atoms with Gasteiger partial charge in [0.15, 0.2) is 0 Å². The first-order chi connectivity index (χ1) is 8.90. The van der Waals surface area contributed by atoms with E-state index in [1.165, 1.54) is 77.4 Å². The molecule has 0 aromatic rings. The lowest BCUT2D eigenvalue weighted by Gasteiger charge is -2.38. The zero-order valence-corrected chi connectivity index (χ0v) is 12.3. The minimum atomic E-state index is 0.922.